The Morgan fingerprint density at radius 3 is 2.73 bits per heavy atom. The van der Waals surface area contributed by atoms with Crippen molar-refractivity contribution < 1.29 is 14.3 Å². The highest BCUT2D eigenvalue weighted by Crippen LogP contribution is 2.37. The van der Waals surface area contributed by atoms with Crippen LogP contribution < -0.4 is 4.90 Å². The van der Waals surface area contributed by atoms with Gasteiger partial charge < -0.3 is 14.4 Å². The van der Waals surface area contributed by atoms with E-state index in [0.29, 0.717) is 48.3 Å². The van der Waals surface area contributed by atoms with Gasteiger partial charge in [-0.05, 0) is 63.6 Å². The van der Waals surface area contributed by atoms with Gasteiger partial charge >= 0.3 is 6.09 Å². The zero-order valence-corrected chi connectivity index (χ0v) is 24.1. The number of carbonyl (C=O) groups is 1. The summed E-state index contributed by atoms with van der Waals surface area (Å²) in [5, 5.41) is 14.7. The number of pyridine rings is 1. The number of morpholine rings is 1. The van der Waals surface area contributed by atoms with Crippen LogP contribution in [0.1, 0.15) is 32.0 Å². The molecule has 2 unspecified atom stereocenters. The third-order valence-corrected chi connectivity index (χ3v) is 7.39. The molecule has 0 saturated carbocycles. The number of amides is 1. The molecule has 41 heavy (non-hydrogen) atoms. The molecule has 1 amide bonds. The molecule has 0 aliphatic carbocycles. The third-order valence-electron chi connectivity index (χ3n) is 7.20. The number of anilines is 1. The van der Waals surface area contributed by atoms with Crippen molar-refractivity contribution >= 4 is 29.2 Å². The molecule has 10 nitrogen and oxygen atoms in total. The first-order valence-corrected chi connectivity index (χ1v) is 13.9. The van der Waals surface area contributed by atoms with Crippen molar-refractivity contribution in [2.45, 2.75) is 45.4 Å². The van der Waals surface area contributed by atoms with E-state index in [1.54, 1.807) is 21.5 Å². The standard InChI is InChI=1S/C30H30ClN7O3/c1-18-12-21(14-24(31)33-18)26-27(20-7-5-6-19(13-20)15-32)35-38-9-8-25(34-28(26)38)36-16-22-23(17-36)40-11-10-37(22)29(39)41-30(2,3)4/h5-9,12-14,22-23H,10-11,16-17H2,1-4H3. The zero-order valence-electron chi connectivity index (χ0n) is 23.3. The number of nitriles is 1. The number of hydrogen-bond acceptors (Lipinski definition) is 8. The van der Waals surface area contributed by atoms with Gasteiger partial charge in [0.15, 0.2) is 5.65 Å². The summed E-state index contributed by atoms with van der Waals surface area (Å²) in [7, 11) is 0. The summed E-state index contributed by atoms with van der Waals surface area (Å²) in [6.45, 7) is 9.59. The van der Waals surface area contributed by atoms with Crippen LogP contribution >= 0.6 is 11.6 Å². The van der Waals surface area contributed by atoms with E-state index >= 15 is 0 Å². The summed E-state index contributed by atoms with van der Waals surface area (Å²) in [4.78, 5) is 26.3. The van der Waals surface area contributed by atoms with Gasteiger partial charge in [-0.25, -0.2) is 19.3 Å². The van der Waals surface area contributed by atoms with Crippen molar-refractivity contribution in [3.05, 3.63) is 65.1 Å². The Labute approximate surface area is 243 Å². The van der Waals surface area contributed by atoms with Crippen LogP contribution in [0.25, 0.3) is 28.0 Å². The molecule has 2 aliphatic heterocycles. The molecule has 0 radical (unpaired) electrons. The fourth-order valence-corrected chi connectivity index (χ4v) is 5.75. The van der Waals surface area contributed by atoms with Crippen molar-refractivity contribution in [3.63, 3.8) is 0 Å². The van der Waals surface area contributed by atoms with E-state index in [2.05, 4.69) is 16.0 Å². The maximum Gasteiger partial charge on any atom is 0.410 e. The third kappa shape index (κ3) is 5.31. The van der Waals surface area contributed by atoms with Gasteiger partial charge in [0.25, 0.3) is 0 Å². The lowest BCUT2D eigenvalue weighted by Crippen LogP contribution is -2.54. The molecule has 210 valence electrons. The summed E-state index contributed by atoms with van der Waals surface area (Å²) >= 11 is 6.38. The van der Waals surface area contributed by atoms with Crippen molar-refractivity contribution in [1.82, 2.24) is 24.5 Å². The normalized spacial score (nSPS) is 18.8. The molecule has 2 fully saturated rings. The second-order valence-electron chi connectivity index (χ2n) is 11.3. The Morgan fingerprint density at radius 2 is 1.98 bits per heavy atom. The van der Waals surface area contributed by atoms with Crippen LogP contribution in [-0.2, 0) is 9.47 Å². The number of hydrogen-bond donors (Lipinski definition) is 0. The predicted molar refractivity (Wildman–Crippen MR) is 155 cm³/mol. The number of carbonyl (C=O) groups excluding carboxylic acids is 1. The highest BCUT2D eigenvalue weighted by molar-refractivity contribution is 6.29. The van der Waals surface area contributed by atoms with E-state index in [-0.39, 0.29) is 18.2 Å². The Morgan fingerprint density at radius 1 is 1.15 bits per heavy atom. The minimum absolute atomic E-state index is 0.146. The minimum Gasteiger partial charge on any atom is -0.444 e. The first-order valence-electron chi connectivity index (χ1n) is 13.5. The van der Waals surface area contributed by atoms with Crippen molar-refractivity contribution in [1.29, 1.82) is 5.26 Å². The molecule has 4 aromatic rings. The second kappa shape index (κ2) is 10.3. The van der Waals surface area contributed by atoms with E-state index in [4.69, 9.17) is 31.2 Å². The Hall–Kier alpha value is -4.20. The van der Waals surface area contributed by atoms with Crippen molar-refractivity contribution in [3.8, 4) is 28.5 Å². The van der Waals surface area contributed by atoms with Gasteiger partial charge in [0, 0.05) is 37.1 Å². The van der Waals surface area contributed by atoms with E-state index in [1.807, 2.05) is 64.2 Å². The van der Waals surface area contributed by atoms with Crippen LogP contribution in [0.4, 0.5) is 10.6 Å². The zero-order chi connectivity index (χ0) is 28.9. The molecular formula is C30H30ClN7O3. The topological polar surface area (TPSA) is 109 Å². The number of aromatic nitrogens is 4. The van der Waals surface area contributed by atoms with Gasteiger partial charge in [-0.1, -0.05) is 23.7 Å². The largest absolute Gasteiger partial charge is 0.444 e. The summed E-state index contributed by atoms with van der Waals surface area (Å²) in [6, 6.07) is 15.1. The van der Waals surface area contributed by atoms with E-state index in [0.717, 1.165) is 28.2 Å². The minimum atomic E-state index is -0.577. The number of benzene rings is 1. The molecule has 0 bridgehead atoms. The number of ether oxygens (including phenoxy) is 2. The predicted octanol–water partition coefficient (Wildman–Crippen LogP) is 5.12. The highest BCUT2D eigenvalue weighted by Gasteiger charge is 2.44. The average molecular weight is 572 g/mol. The maximum atomic E-state index is 13.0. The lowest BCUT2D eigenvalue weighted by Gasteiger charge is -2.37. The Kier molecular flexibility index (Phi) is 6.80. The van der Waals surface area contributed by atoms with Crippen LogP contribution in [0.2, 0.25) is 5.15 Å². The smallest absolute Gasteiger partial charge is 0.410 e. The number of fused-ring (bicyclic) bond motifs is 2. The number of nitrogens with zero attached hydrogens (tertiary/aromatic N) is 7. The van der Waals surface area contributed by atoms with E-state index in [1.165, 1.54) is 0 Å². The molecule has 11 heteroatoms. The van der Waals surface area contributed by atoms with Crippen LogP contribution in [0, 0.1) is 18.3 Å². The summed E-state index contributed by atoms with van der Waals surface area (Å²) in [5.74, 6) is 0.745. The fourth-order valence-electron chi connectivity index (χ4n) is 5.49. The molecule has 1 aromatic carbocycles. The monoisotopic (exact) mass is 571 g/mol. The molecule has 5 heterocycles. The van der Waals surface area contributed by atoms with Gasteiger partial charge in [-0.2, -0.15) is 10.4 Å². The number of rotatable bonds is 3. The van der Waals surface area contributed by atoms with Gasteiger partial charge in [0.05, 0.1) is 35.9 Å². The lowest BCUT2D eigenvalue weighted by atomic mass is 10.00. The molecular weight excluding hydrogens is 542 g/mol. The summed E-state index contributed by atoms with van der Waals surface area (Å²) in [6.07, 6.45) is 1.40. The summed E-state index contributed by atoms with van der Waals surface area (Å²) < 4.78 is 13.5. The number of aryl methyl sites for hydroxylation is 1. The van der Waals surface area contributed by atoms with Gasteiger partial charge in [-0.15, -0.1) is 0 Å². The second-order valence-corrected chi connectivity index (χ2v) is 11.7. The Bertz CT molecular complexity index is 1670. The van der Waals surface area contributed by atoms with E-state index in [9.17, 15) is 10.1 Å². The first-order chi connectivity index (χ1) is 19.6. The fraction of sp³-hybridized carbons (Fsp3) is 0.367. The highest BCUT2D eigenvalue weighted by atomic mass is 35.5. The molecule has 0 N–H and O–H groups in total. The molecule has 2 aliphatic rings. The SMILES string of the molecule is Cc1cc(-c2c(-c3cccc(C#N)c3)nn3ccc(N4CC5OCCN(C(=O)OC(C)(C)C)C5C4)nc23)cc(Cl)n1. The van der Waals surface area contributed by atoms with Gasteiger partial charge in [0.1, 0.15) is 22.3 Å². The quantitative estimate of drug-likeness (QED) is 0.312. The van der Waals surface area contributed by atoms with Gasteiger partial charge in [-0.3, -0.25) is 4.90 Å². The summed E-state index contributed by atoms with van der Waals surface area (Å²) in [5.41, 5.74) is 4.47. The average Bonchev–Trinajstić information content (AvgIpc) is 3.53. The molecule has 2 atom stereocenters. The van der Waals surface area contributed by atoms with Crippen LogP contribution in [-0.4, -0.2) is 74.6 Å². The molecule has 2 saturated heterocycles. The first kappa shape index (κ1) is 27.0. The van der Waals surface area contributed by atoms with E-state index < -0.39 is 5.60 Å². The van der Waals surface area contributed by atoms with Crippen molar-refractivity contribution in [2.24, 2.45) is 0 Å². The van der Waals surface area contributed by atoms with Gasteiger partial charge in [0.2, 0.25) is 0 Å². The number of halogens is 1. The van der Waals surface area contributed by atoms with Crippen LogP contribution in [0.15, 0.2) is 48.7 Å². The van der Waals surface area contributed by atoms with Crippen LogP contribution in [0.3, 0.4) is 0 Å². The molecule has 6 rings (SSSR count). The van der Waals surface area contributed by atoms with Crippen LogP contribution in [0.5, 0.6) is 0 Å². The van der Waals surface area contributed by atoms with Crippen molar-refractivity contribution in [2.75, 3.05) is 31.1 Å². The maximum absolute atomic E-state index is 13.0. The lowest BCUT2D eigenvalue weighted by molar-refractivity contribution is -0.0567. The molecule has 3 aromatic heterocycles. The molecule has 0 spiro atoms. The Balaban J connectivity index is 1.41.